The molecular formula is C16H10BrClN2O4S2. The molecule has 2 aromatic carbocycles. The van der Waals surface area contributed by atoms with Gasteiger partial charge in [0.15, 0.2) is 10.9 Å². The SMILES string of the molecule is N=C1NC(=O)C(=Cc2ccc(OS(=O)(=O)c3ccc(Cl)cc3)c(Br)c2)S1. The van der Waals surface area contributed by atoms with Crippen LogP contribution in [0.4, 0.5) is 0 Å². The van der Waals surface area contributed by atoms with Crippen molar-refractivity contribution < 1.29 is 17.4 Å². The van der Waals surface area contributed by atoms with Gasteiger partial charge in [0.25, 0.3) is 5.91 Å². The van der Waals surface area contributed by atoms with Crippen LogP contribution in [-0.4, -0.2) is 19.5 Å². The lowest BCUT2D eigenvalue weighted by Crippen LogP contribution is -2.18. The largest absolute Gasteiger partial charge is 0.378 e. The number of amides is 1. The summed E-state index contributed by atoms with van der Waals surface area (Å²) in [5.41, 5.74) is 0.653. The van der Waals surface area contributed by atoms with Crippen molar-refractivity contribution in [3.05, 3.63) is 62.4 Å². The Balaban J connectivity index is 1.84. The van der Waals surface area contributed by atoms with E-state index in [2.05, 4.69) is 21.2 Å². The van der Waals surface area contributed by atoms with E-state index in [4.69, 9.17) is 21.2 Å². The average molecular weight is 474 g/mol. The fraction of sp³-hybridized carbons (Fsp3) is 0. The molecule has 0 aromatic heterocycles. The first-order chi connectivity index (χ1) is 12.2. The molecule has 1 amide bonds. The molecule has 0 saturated carbocycles. The lowest BCUT2D eigenvalue weighted by atomic mass is 10.2. The van der Waals surface area contributed by atoms with Gasteiger partial charge >= 0.3 is 10.1 Å². The third-order valence-electron chi connectivity index (χ3n) is 3.22. The van der Waals surface area contributed by atoms with Crippen molar-refractivity contribution in [1.82, 2.24) is 5.32 Å². The molecule has 1 saturated heterocycles. The normalized spacial score (nSPS) is 16.0. The predicted octanol–water partition coefficient (Wildman–Crippen LogP) is 4.01. The minimum Gasteiger partial charge on any atom is -0.378 e. The van der Waals surface area contributed by atoms with Crippen molar-refractivity contribution in [3.8, 4) is 5.75 Å². The van der Waals surface area contributed by atoms with Crippen LogP contribution >= 0.6 is 39.3 Å². The first kappa shape index (κ1) is 19.0. The second-order valence-corrected chi connectivity index (χ2v) is 8.96. The Bertz CT molecular complexity index is 1040. The summed E-state index contributed by atoms with van der Waals surface area (Å²) < 4.78 is 30.2. The van der Waals surface area contributed by atoms with E-state index in [1.54, 1.807) is 18.2 Å². The van der Waals surface area contributed by atoms with Gasteiger partial charge in [-0.05, 0) is 75.7 Å². The molecule has 1 fully saturated rings. The summed E-state index contributed by atoms with van der Waals surface area (Å²) in [5, 5.41) is 10.3. The van der Waals surface area contributed by atoms with E-state index in [1.165, 1.54) is 30.3 Å². The third kappa shape index (κ3) is 4.29. The molecule has 10 heteroatoms. The van der Waals surface area contributed by atoms with Crippen molar-refractivity contribution in [2.75, 3.05) is 0 Å². The highest BCUT2D eigenvalue weighted by Gasteiger charge is 2.22. The summed E-state index contributed by atoms with van der Waals surface area (Å²) >= 11 is 10.1. The van der Waals surface area contributed by atoms with Crippen LogP contribution in [0.15, 0.2) is 56.7 Å². The minimum absolute atomic E-state index is 0.0162. The number of nitrogens with one attached hydrogen (secondary N) is 2. The zero-order valence-electron chi connectivity index (χ0n) is 12.8. The molecule has 0 unspecified atom stereocenters. The fourth-order valence-corrected chi connectivity index (χ4v) is 4.40. The average Bonchev–Trinajstić information content (AvgIpc) is 2.88. The topological polar surface area (TPSA) is 96.3 Å². The van der Waals surface area contributed by atoms with Crippen LogP contribution in [0.5, 0.6) is 5.75 Å². The molecule has 3 rings (SSSR count). The standard InChI is InChI=1S/C16H10BrClN2O4S2/c17-12-7-9(8-14-15(21)20-16(19)25-14)1-6-13(12)24-26(22,23)11-4-2-10(18)3-5-11/h1-8H,(H2,19,20,21). The molecule has 0 spiro atoms. The summed E-state index contributed by atoms with van der Waals surface area (Å²) in [6.07, 6.45) is 1.60. The molecule has 1 aliphatic rings. The van der Waals surface area contributed by atoms with Crippen LogP contribution in [0.2, 0.25) is 5.02 Å². The highest BCUT2D eigenvalue weighted by Crippen LogP contribution is 2.31. The number of amidine groups is 1. The summed E-state index contributed by atoms with van der Waals surface area (Å²) in [6, 6.07) is 10.3. The Morgan fingerprint density at radius 3 is 2.46 bits per heavy atom. The molecule has 134 valence electrons. The summed E-state index contributed by atoms with van der Waals surface area (Å²) in [4.78, 5) is 12.0. The second kappa shape index (κ2) is 7.43. The molecular weight excluding hydrogens is 464 g/mol. The molecule has 0 aliphatic carbocycles. The number of benzene rings is 2. The Hall–Kier alpha value is -1.81. The van der Waals surface area contributed by atoms with Gasteiger partial charge < -0.3 is 9.50 Å². The number of carbonyl (C=O) groups is 1. The summed E-state index contributed by atoms with van der Waals surface area (Å²) in [7, 11) is -4.00. The second-order valence-electron chi connectivity index (χ2n) is 5.08. The Labute approximate surface area is 167 Å². The molecule has 0 atom stereocenters. The van der Waals surface area contributed by atoms with Crippen molar-refractivity contribution in [3.63, 3.8) is 0 Å². The van der Waals surface area contributed by atoms with Crippen LogP contribution in [0.1, 0.15) is 5.56 Å². The van der Waals surface area contributed by atoms with Gasteiger partial charge in [0, 0.05) is 5.02 Å². The number of hydrogen-bond donors (Lipinski definition) is 2. The van der Waals surface area contributed by atoms with E-state index in [0.717, 1.165) is 11.8 Å². The lowest BCUT2D eigenvalue weighted by molar-refractivity contribution is -0.115. The molecule has 6 nitrogen and oxygen atoms in total. The molecule has 0 radical (unpaired) electrons. The van der Waals surface area contributed by atoms with E-state index < -0.39 is 10.1 Å². The number of halogens is 2. The van der Waals surface area contributed by atoms with Crippen LogP contribution in [0, 0.1) is 5.41 Å². The van der Waals surface area contributed by atoms with Gasteiger partial charge in [0.1, 0.15) is 4.90 Å². The number of carbonyl (C=O) groups excluding carboxylic acids is 1. The number of thioether (sulfide) groups is 1. The Morgan fingerprint density at radius 2 is 1.88 bits per heavy atom. The van der Waals surface area contributed by atoms with Crippen molar-refractivity contribution in [2.24, 2.45) is 0 Å². The van der Waals surface area contributed by atoms with E-state index in [1.807, 2.05) is 0 Å². The maximum absolute atomic E-state index is 12.3. The van der Waals surface area contributed by atoms with E-state index in [-0.39, 0.29) is 21.7 Å². The molecule has 2 N–H and O–H groups in total. The zero-order chi connectivity index (χ0) is 18.9. The molecule has 2 aromatic rings. The van der Waals surface area contributed by atoms with Gasteiger partial charge in [-0.3, -0.25) is 10.2 Å². The Morgan fingerprint density at radius 1 is 1.19 bits per heavy atom. The van der Waals surface area contributed by atoms with Crippen LogP contribution in [0.3, 0.4) is 0 Å². The fourth-order valence-electron chi connectivity index (χ4n) is 2.03. The van der Waals surface area contributed by atoms with E-state index >= 15 is 0 Å². The quantitative estimate of drug-likeness (QED) is 0.517. The van der Waals surface area contributed by atoms with Crippen molar-refractivity contribution in [1.29, 1.82) is 5.41 Å². The van der Waals surface area contributed by atoms with Crippen molar-refractivity contribution in [2.45, 2.75) is 4.90 Å². The highest BCUT2D eigenvalue weighted by atomic mass is 79.9. The first-order valence-corrected chi connectivity index (χ1v) is 10.4. The molecule has 1 heterocycles. The zero-order valence-corrected chi connectivity index (χ0v) is 16.8. The van der Waals surface area contributed by atoms with E-state index in [0.29, 0.717) is 20.0 Å². The monoisotopic (exact) mass is 472 g/mol. The summed E-state index contributed by atoms with van der Waals surface area (Å²) in [6.45, 7) is 0. The molecule has 26 heavy (non-hydrogen) atoms. The smallest absolute Gasteiger partial charge is 0.339 e. The molecule has 1 aliphatic heterocycles. The van der Waals surface area contributed by atoms with Gasteiger partial charge in [-0.1, -0.05) is 17.7 Å². The molecule has 0 bridgehead atoms. The highest BCUT2D eigenvalue weighted by molar-refractivity contribution is 9.10. The Kier molecular flexibility index (Phi) is 5.42. The lowest BCUT2D eigenvalue weighted by Gasteiger charge is -2.09. The van der Waals surface area contributed by atoms with Crippen LogP contribution in [-0.2, 0) is 14.9 Å². The number of hydrogen-bond acceptors (Lipinski definition) is 6. The maximum atomic E-state index is 12.3. The van der Waals surface area contributed by atoms with Gasteiger partial charge in [-0.25, -0.2) is 0 Å². The predicted molar refractivity (Wildman–Crippen MR) is 105 cm³/mol. The van der Waals surface area contributed by atoms with Gasteiger partial charge in [-0.2, -0.15) is 8.42 Å². The third-order valence-corrected chi connectivity index (χ3v) is 6.17. The minimum atomic E-state index is -4.00. The van der Waals surface area contributed by atoms with Crippen LogP contribution < -0.4 is 9.50 Å². The number of rotatable bonds is 4. The van der Waals surface area contributed by atoms with Gasteiger partial charge in [-0.15, -0.1) is 0 Å². The van der Waals surface area contributed by atoms with Gasteiger partial charge in [0.2, 0.25) is 0 Å². The van der Waals surface area contributed by atoms with Crippen molar-refractivity contribution >= 4 is 66.6 Å². The van der Waals surface area contributed by atoms with Gasteiger partial charge in [0.05, 0.1) is 9.38 Å². The van der Waals surface area contributed by atoms with Crippen LogP contribution in [0.25, 0.3) is 6.08 Å². The first-order valence-electron chi connectivity index (χ1n) is 7.04. The van der Waals surface area contributed by atoms with E-state index in [9.17, 15) is 13.2 Å². The summed E-state index contributed by atoms with van der Waals surface area (Å²) in [5.74, 6) is -0.236. The maximum Gasteiger partial charge on any atom is 0.339 e.